The van der Waals surface area contributed by atoms with E-state index in [2.05, 4.69) is 5.92 Å². The van der Waals surface area contributed by atoms with Gasteiger partial charge in [-0.1, -0.05) is 59.5 Å². The van der Waals surface area contributed by atoms with Gasteiger partial charge in [0.15, 0.2) is 0 Å². The Balaban J connectivity index is 2.18. The van der Waals surface area contributed by atoms with Crippen LogP contribution in [0.3, 0.4) is 0 Å². The number of rotatable bonds is 6. The fraction of sp³-hybridized carbons (Fsp3) is 0.158. The topological polar surface area (TPSA) is 37.4 Å². The maximum absolute atomic E-state index is 12.7. The van der Waals surface area contributed by atoms with Crippen LogP contribution >= 0.6 is 11.6 Å². The predicted molar refractivity (Wildman–Crippen MR) is 99.3 cm³/mol. The van der Waals surface area contributed by atoms with Crippen molar-refractivity contribution in [3.63, 3.8) is 0 Å². The van der Waals surface area contributed by atoms with E-state index < -0.39 is 10.0 Å². The summed E-state index contributed by atoms with van der Waals surface area (Å²) < 4.78 is 26.7. The molecule has 124 valence electrons. The van der Waals surface area contributed by atoms with Gasteiger partial charge in [0.25, 0.3) is 0 Å². The summed E-state index contributed by atoms with van der Waals surface area (Å²) in [5, 5.41) is 0.656. The molecule has 2 aromatic rings. The van der Waals surface area contributed by atoms with Crippen LogP contribution in [0.4, 0.5) is 0 Å². The highest BCUT2D eigenvalue weighted by molar-refractivity contribution is 7.89. The maximum Gasteiger partial charge on any atom is 0.244 e. The van der Waals surface area contributed by atoms with Crippen molar-refractivity contribution in [1.29, 1.82) is 0 Å². The van der Waals surface area contributed by atoms with Crippen molar-refractivity contribution in [2.45, 2.75) is 11.8 Å². The molecule has 0 spiro atoms. The van der Waals surface area contributed by atoms with Crippen molar-refractivity contribution in [1.82, 2.24) is 4.31 Å². The lowest BCUT2D eigenvalue weighted by Gasteiger charge is -2.18. The minimum atomic E-state index is -3.62. The van der Waals surface area contributed by atoms with E-state index in [1.807, 2.05) is 25.1 Å². The number of terminal acetylenes is 1. The molecule has 5 heteroatoms. The van der Waals surface area contributed by atoms with Gasteiger partial charge in [0, 0.05) is 11.6 Å². The molecule has 0 unspecified atom stereocenters. The molecule has 2 aromatic carbocycles. The van der Waals surface area contributed by atoms with Crippen LogP contribution in [0.25, 0.3) is 6.08 Å². The van der Waals surface area contributed by atoms with Gasteiger partial charge in [-0.3, -0.25) is 0 Å². The molecule has 0 saturated carbocycles. The zero-order valence-electron chi connectivity index (χ0n) is 13.3. The highest BCUT2D eigenvalue weighted by atomic mass is 35.5. The third-order valence-electron chi connectivity index (χ3n) is 3.42. The molecular formula is C19H18ClNO2S. The molecule has 3 nitrogen and oxygen atoms in total. The predicted octanol–water partition coefficient (Wildman–Crippen LogP) is 3.99. The van der Waals surface area contributed by atoms with E-state index in [0.29, 0.717) is 5.02 Å². The van der Waals surface area contributed by atoms with Crippen LogP contribution in [0.15, 0.2) is 59.5 Å². The molecule has 0 aliphatic heterocycles. The van der Waals surface area contributed by atoms with Gasteiger partial charge in [-0.25, -0.2) is 8.42 Å². The average Bonchev–Trinajstić information content (AvgIpc) is 2.56. The van der Waals surface area contributed by atoms with Gasteiger partial charge in [0.05, 0.1) is 11.4 Å². The number of hydrogen-bond acceptors (Lipinski definition) is 2. The van der Waals surface area contributed by atoms with Gasteiger partial charge in [0.1, 0.15) is 0 Å². The third-order valence-corrected chi connectivity index (χ3v) is 5.49. The third kappa shape index (κ3) is 4.72. The molecule has 24 heavy (non-hydrogen) atoms. The summed E-state index contributed by atoms with van der Waals surface area (Å²) in [6, 6.07) is 14.0. The first kappa shape index (κ1) is 18.3. The molecule has 0 N–H and O–H groups in total. The summed E-state index contributed by atoms with van der Waals surface area (Å²) in [5.41, 5.74) is 1.94. The number of nitrogens with zero attached hydrogens (tertiary/aromatic N) is 1. The summed E-state index contributed by atoms with van der Waals surface area (Å²) in [6.07, 6.45) is 8.94. The highest BCUT2D eigenvalue weighted by Gasteiger charge is 2.22. The molecule has 0 radical (unpaired) electrons. The van der Waals surface area contributed by atoms with E-state index in [-0.39, 0.29) is 18.0 Å². The molecule has 0 aliphatic carbocycles. The Labute approximate surface area is 148 Å². The minimum absolute atomic E-state index is 0.0150. The van der Waals surface area contributed by atoms with E-state index in [1.165, 1.54) is 4.31 Å². The molecular weight excluding hydrogens is 342 g/mol. The largest absolute Gasteiger partial charge is 0.244 e. The highest BCUT2D eigenvalue weighted by Crippen LogP contribution is 2.17. The second-order valence-electron chi connectivity index (χ2n) is 5.27. The Kier molecular flexibility index (Phi) is 6.22. The van der Waals surface area contributed by atoms with E-state index in [1.54, 1.807) is 42.5 Å². The lowest BCUT2D eigenvalue weighted by atomic mass is 10.2. The Morgan fingerprint density at radius 1 is 1.12 bits per heavy atom. The Hall–Kier alpha value is -2.06. The second-order valence-corrected chi connectivity index (χ2v) is 7.64. The standard InChI is InChI=1S/C19H18ClNO2S/c1-3-14-21(15-4-5-17-8-10-18(20)11-9-17)24(22,23)19-12-6-16(2)7-13-19/h1,4-13H,14-15H2,2H3/b5-4+. The van der Waals surface area contributed by atoms with Crippen LogP contribution in [0.5, 0.6) is 0 Å². The molecule has 0 aromatic heterocycles. The fourth-order valence-corrected chi connectivity index (χ4v) is 3.52. The fourth-order valence-electron chi connectivity index (χ4n) is 2.09. The summed E-state index contributed by atoms with van der Waals surface area (Å²) in [4.78, 5) is 0.239. The maximum atomic E-state index is 12.7. The number of sulfonamides is 1. The number of benzene rings is 2. The van der Waals surface area contributed by atoms with E-state index >= 15 is 0 Å². The summed E-state index contributed by atoms with van der Waals surface area (Å²) in [5.74, 6) is 2.41. The minimum Gasteiger partial charge on any atom is -0.207 e. The quantitative estimate of drug-likeness (QED) is 0.731. The molecule has 0 fully saturated rings. The molecule has 0 atom stereocenters. The Morgan fingerprint density at radius 2 is 1.75 bits per heavy atom. The van der Waals surface area contributed by atoms with Crippen LogP contribution in [0.1, 0.15) is 11.1 Å². The molecule has 2 rings (SSSR count). The van der Waals surface area contributed by atoms with Crippen molar-refractivity contribution < 1.29 is 8.42 Å². The van der Waals surface area contributed by atoms with Gasteiger partial charge in [-0.15, -0.1) is 6.42 Å². The molecule has 0 saturated heterocycles. The van der Waals surface area contributed by atoms with Gasteiger partial charge in [-0.05, 0) is 36.8 Å². The average molecular weight is 360 g/mol. The molecule has 0 heterocycles. The molecule has 0 aliphatic rings. The zero-order valence-corrected chi connectivity index (χ0v) is 14.9. The first-order chi connectivity index (χ1) is 11.4. The monoisotopic (exact) mass is 359 g/mol. The molecule has 0 amide bonds. The Bertz CT molecular complexity index is 848. The smallest absolute Gasteiger partial charge is 0.207 e. The molecule has 0 bridgehead atoms. The van der Waals surface area contributed by atoms with Crippen molar-refractivity contribution in [3.05, 3.63) is 70.8 Å². The van der Waals surface area contributed by atoms with Crippen LogP contribution in [-0.4, -0.2) is 25.8 Å². The zero-order chi connectivity index (χ0) is 17.6. The number of aryl methyl sites for hydroxylation is 1. The summed E-state index contributed by atoms with van der Waals surface area (Å²) in [7, 11) is -3.62. The van der Waals surface area contributed by atoms with Crippen LogP contribution in [-0.2, 0) is 10.0 Å². The van der Waals surface area contributed by atoms with Crippen molar-refractivity contribution in [3.8, 4) is 12.3 Å². The van der Waals surface area contributed by atoms with Gasteiger partial charge < -0.3 is 0 Å². The lowest BCUT2D eigenvalue weighted by Crippen LogP contribution is -2.31. The van der Waals surface area contributed by atoms with E-state index in [9.17, 15) is 8.42 Å². The van der Waals surface area contributed by atoms with Crippen molar-refractivity contribution in [2.24, 2.45) is 0 Å². The number of halogens is 1. The SMILES string of the molecule is C#CCN(C/C=C/c1ccc(Cl)cc1)S(=O)(=O)c1ccc(C)cc1. The van der Waals surface area contributed by atoms with Crippen molar-refractivity contribution >= 4 is 27.7 Å². The normalized spacial score (nSPS) is 11.8. The van der Waals surface area contributed by atoms with Crippen LogP contribution in [0, 0.1) is 19.3 Å². The second kappa shape index (κ2) is 8.16. The number of hydrogen-bond donors (Lipinski definition) is 0. The lowest BCUT2D eigenvalue weighted by molar-refractivity contribution is 0.478. The first-order valence-electron chi connectivity index (χ1n) is 7.36. The van der Waals surface area contributed by atoms with Gasteiger partial charge in [0.2, 0.25) is 10.0 Å². The van der Waals surface area contributed by atoms with E-state index in [4.69, 9.17) is 18.0 Å². The first-order valence-corrected chi connectivity index (χ1v) is 9.17. The van der Waals surface area contributed by atoms with Crippen molar-refractivity contribution in [2.75, 3.05) is 13.1 Å². The Morgan fingerprint density at radius 3 is 2.33 bits per heavy atom. The van der Waals surface area contributed by atoms with Crippen LogP contribution in [0.2, 0.25) is 5.02 Å². The van der Waals surface area contributed by atoms with Gasteiger partial charge >= 0.3 is 0 Å². The van der Waals surface area contributed by atoms with Gasteiger partial charge in [-0.2, -0.15) is 4.31 Å². The summed E-state index contributed by atoms with van der Waals surface area (Å²) >= 11 is 5.84. The van der Waals surface area contributed by atoms with E-state index in [0.717, 1.165) is 11.1 Å². The summed E-state index contributed by atoms with van der Waals surface area (Å²) in [6.45, 7) is 2.12. The van der Waals surface area contributed by atoms with Crippen LogP contribution < -0.4 is 0 Å².